The maximum atomic E-state index is 5.98. The van der Waals surface area contributed by atoms with Crippen LogP contribution in [0.4, 0.5) is 5.69 Å². The number of hydrogen-bond acceptors (Lipinski definition) is 5. The Bertz CT molecular complexity index is 891. The number of fused-ring (bicyclic) bond motifs is 1. The van der Waals surface area contributed by atoms with Gasteiger partial charge in [0, 0.05) is 16.5 Å². The predicted molar refractivity (Wildman–Crippen MR) is 103 cm³/mol. The number of thiazole rings is 1. The van der Waals surface area contributed by atoms with Crippen molar-refractivity contribution >= 4 is 17.0 Å². The summed E-state index contributed by atoms with van der Waals surface area (Å²) < 4.78 is 11.4. The quantitative estimate of drug-likeness (QED) is 0.712. The molecule has 0 saturated carbocycles. The largest absolute Gasteiger partial charge is 0.496 e. The molecule has 1 atom stereocenters. The maximum absolute atomic E-state index is 5.98. The molecule has 1 aliphatic heterocycles. The number of nitrogens with one attached hydrogen (secondary N) is 1. The van der Waals surface area contributed by atoms with Crippen molar-refractivity contribution in [3.05, 3.63) is 47.8 Å². The number of nitrogens with zero attached hydrogens (tertiary/aromatic N) is 1. The third-order valence-electron chi connectivity index (χ3n) is 4.38. The van der Waals surface area contributed by atoms with E-state index in [4.69, 9.17) is 14.5 Å². The van der Waals surface area contributed by atoms with Gasteiger partial charge in [0.25, 0.3) is 0 Å². The third-order valence-corrected chi connectivity index (χ3v) is 5.27. The van der Waals surface area contributed by atoms with Gasteiger partial charge >= 0.3 is 0 Å². The van der Waals surface area contributed by atoms with Gasteiger partial charge in [0.1, 0.15) is 22.6 Å². The average molecular weight is 352 g/mol. The van der Waals surface area contributed by atoms with Crippen molar-refractivity contribution in [3.63, 3.8) is 0 Å². The topological polar surface area (TPSA) is 43.4 Å². The molecule has 1 aliphatic rings. The van der Waals surface area contributed by atoms with Crippen molar-refractivity contribution in [3.8, 4) is 33.3 Å². The highest BCUT2D eigenvalue weighted by Crippen LogP contribution is 2.37. The minimum atomic E-state index is 0.246. The normalized spacial score (nSPS) is 15.8. The SMILES string of the molecule is CCC1CNc2cc(-c3nc(-c4ccccc4OC)cs3)ccc2O1. The summed E-state index contributed by atoms with van der Waals surface area (Å²) >= 11 is 1.64. The molecule has 0 spiro atoms. The Balaban J connectivity index is 1.65. The van der Waals surface area contributed by atoms with E-state index in [9.17, 15) is 0 Å². The van der Waals surface area contributed by atoms with Crippen LogP contribution in [0.3, 0.4) is 0 Å². The molecule has 0 amide bonds. The molecule has 0 saturated heterocycles. The molecular formula is C20H20N2O2S. The number of hydrogen-bond donors (Lipinski definition) is 1. The number of benzene rings is 2. The fraction of sp³-hybridized carbons (Fsp3) is 0.250. The summed E-state index contributed by atoms with van der Waals surface area (Å²) in [7, 11) is 1.69. The van der Waals surface area contributed by atoms with Gasteiger partial charge in [-0.1, -0.05) is 19.1 Å². The fourth-order valence-electron chi connectivity index (χ4n) is 2.96. The molecule has 2 aromatic carbocycles. The number of ether oxygens (including phenoxy) is 2. The summed E-state index contributed by atoms with van der Waals surface area (Å²) in [5, 5.41) is 6.52. The highest BCUT2D eigenvalue weighted by atomic mass is 32.1. The van der Waals surface area contributed by atoms with Crippen LogP contribution in [-0.4, -0.2) is 24.7 Å². The summed E-state index contributed by atoms with van der Waals surface area (Å²) in [5.41, 5.74) is 4.08. The minimum absolute atomic E-state index is 0.246. The molecule has 0 fully saturated rings. The lowest BCUT2D eigenvalue weighted by Gasteiger charge is -2.26. The van der Waals surface area contributed by atoms with Crippen LogP contribution >= 0.6 is 11.3 Å². The van der Waals surface area contributed by atoms with Crippen molar-refractivity contribution in [1.82, 2.24) is 4.98 Å². The lowest BCUT2D eigenvalue weighted by Crippen LogP contribution is -2.29. The van der Waals surface area contributed by atoms with Gasteiger partial charge in [-0.3, -0.25) is 0 Å². The van der Waals surface area contributed by atoms with Crippen molar-refractivity contribution in [2.75, 3.05) is 19.0 Å². The number of rotatable bonds is 4. The molecule has 25 heavy (non-hydrogen) atoms. The zero-order valence-electron chi connectivity index (χ0n) is 14.3. The van der Waals surface area contributed by atoms with Crippen LogP contribution in [0.5, 0.6) is 11.5 Å². The first-order valence-electron chi connectivity index (χ1n) is 8.42. The molecule has 0 bridgehead atoms. The molecule has 1 aromatic heterocycles. The molecule has 3 aromatic rings. The second-order valence-corrected chi connectivity index (χ2v) is 6.84. The van der Waals surface area contributed by atoms with Gasteiger partial charge in [-0.2, -0.15) is 0 Å². The van der Waals surface area contributed by atoms with Crippen molar-refractivity contribution in [2.45, 2.75) is 19.4 Å². The number of aromatic nitrogens is 1. The first-order chi connectivity index (χ1) is 12.3. The number of methoxy groups -OCH3 is 1. The fourth-order valence-corrected chi connectivity index (χ4v) is 3.78. The smallest absolute Gasteiger partial charge is 0.142 e. The Kier molecular flexibility index (Phi) is 4.32. The first kappa shape index (κ1) is 16.0. The van der Waals surface area contributed by atoms with Gasteiger partial charge in [-0.15, -0.1) is 11.3 Å². The minimum Gasteiger partial charge on any atom is -0.496 e. The van der Waals surface area contributed by atoms with Gasteiger partial charge in [0.15, 0.2) is 0 Å². The van der Waals surface area contributed by atoms with E-state index in [0.29, 0.717) is 0 Å². The van der Waals surface area contributed by atoms with Crippen LogP contribution in [0.1, 0.15) is 13.3 Å². The van der Waals surface area contributed by atoms with Gasteiger partial charge in [-0.05, 0) is 36.8 Å². The highest BCUT2D eigenvalue weighted by Gasteiger charge is 2.19. The van der Waals surface area contributed by atoms with Crippen LogP contribution < -0.4 is 14.8 Å². The third kappa shape index (κ3) is 3.07. The Morgan fingerprint density at radius 3 is 3.00 bits per heavy atom. The number of para-hydroxylation sites is 1. The second kappa shape index (κ2) is 6.76. The summed E-state index contributed by atoms with van der Waals surface area (Å²) in [6.07, 6.45) is 1.25. The second-order valence-electron chi connectivity index (χ2n) is 5.98. The van der Waals surface area contributed by atoms with Gasteiger partial charge in [0.05, 0.1) is 25.0 Å². The van der Waals surface area contributed by atoms with E-state index in [1.165, 1.54) is 0 Å². The summed E-state index contributed by atoms with van der Waals surface area (Å²) in [6, 6.07) is 14.2. The molecule has 1 N–H and O–H groups in total. The molecule has 0 radical (unpaired) electrons. The van der Waals surface area contributed by atoms with E-state index in [1.807, 2.05) is 30.3 Å². The van der Waals surface area contributed by atoms with E-state index >= 15 is 0 Å². The van der Waals surface area contributed by atoms with Crippen LogP contribution in [-0.2, 0) is 0 Å². The van der Waals surface area contributed by atoms with E-state index in [2.05, 4.69) is 29.8 Å². The summed E-state index contributed by atoms with van der Waals surface area (Å²) in [4.78, 5) is 4.81. The van der Waals surface area contributed by atoms with Gasteiger partial charge in [-0.25, -0.2) is 4.98 Å². The van der Waals surface area contributed by atoms with E-state index in [1.54, 1.807) is 18.4 Å². The van der Waals surface area contributed by atoms with E-state index < -0.39 is 0 Å². The monoisotopic (exact) mass is 352 g/mol. The van der Waals surface area contributed by atoms with Crippen LogP contribution in [0.15, 0.2) is 47.8 Å². The summed E-state index contributed by atoms with van der Waals surface area (Å²) in [5.74, 6) is 1.76. The van der Waals surface area contributed by atoms with Crippen LogP contribution in [0, 0.1) is 0 Å². The van der Waals surface area contributed by atoms with E-state index in [0.717, 1.165) is 52.0 Å². The predicted octanol–water partition coefficient (Wildman–Crippen LogP) is 5.07. The van der Waals surface area contributed by atoms with Crippen LogP contribution in [0.2, 0.25) is 0 Å². The molecule has 4 nitrogen and oxygen atoms in total. The first-order valence-corrected chi connectivity index (χ1v) is 9.30. The highest BCUT2D eigenvalue weighted by molar-refractivity contribution is 7.13. The van der Waals surface area contributed by atoms with Crippen molar-refractivity contribution in [1.29, 1.82) is 0 Å². The Hall–Kier alpha value is -2.53. The number of anilines is 1. The average Bonchev–Trinajstić information content (AvgIpc) is 3.17. The van der Waals surface area contributed by atoms with Crippen molar-refractivity contribution < 1.29 is 9.47 Å². The molecule has 0 aliphatic carbocycles. The zero-order valence-corrected chi connectivity index (χ0v) is 15.1. The molecule has 128 valence electrons. The molecule has 2 heterocycles. The standard InChI is InChI=1S/C20H20N2O2S/c1-3-14-11-21-16-10-13(8-9-19(16)24-14)20-22-17(12-25-20)15-6-4-5-7-18(15)23-2/h4-10,12,14,21H,3,11H2,1-2H3. The maximum Gasteiger partial charge on any atom is 0.142 e. The van der Waals surface area contributed by atoms with Crippen LogP contribution in [0.25, 0.3) is 21.8 Å². The molecule has 4 rings (SSSR count). The molecule has 5 heteroatoms. The Morgan fingerprint density at radius 1 is 1.28 bits per heavy atom. The van der Waals surface area contributed by atoms with Gasteiger partial charge in [0.2, 0.25) is 0 Å². The lowest BCUT2D eigenvalue weighted by molar-refractivity contribution is 0.202. The van der Waals surface area contributed by atoms with E-state index in [-0.39, 0.29) is 6.10 Å². The zero-order chi connectivity index (χ0) is 17.2. The van der Waals surface area contributed by atoms with Crippen molar-refractivity contribution in [2.24, 2.45) is 0 Å². The lowest BCUT2D eigenvalue weighted by atomic mass is 10.1. The summed E-state index contributed by atoms with van der Waals surface area (Å²) in [6.45, 7) is 2.98. The Morgan fingerprint density at radius 2 is 2.16 bits per heavy atom. The molecule has 1 unspecified atom stereocenters. The van der Waals surface area contributed by atoms with Gasteiger partial charge < -0.3 is 14.8 Å². The Labute approximate surface area is 151 Å². The molecular weight excluding hydrogens is 332 g/mol.